The Bertz CT molecular complexity index is 409. The molecule has 18 heavy (non-hydrogen) atoms. The largest absolute Gasteiger partial charge is 0.481 e. The maximum atomic E-state index is 10.5. The van der Waals surface area contributed by atoms with Crippen LogP contribution >= 0.6 is 0 Å². The Labute approximate surface area is 107 Å². The van der Waals surface area contributed by atoms with E-state index in [0.29, 0.717) is 12.6 Å². The molecule has 0 amide bonds. The molecule has 1 N–H and O–H groups in total. The molecule has 6 nitrogen and oxygen atoms in total. The number of carboxylic acids is 1. The minimum Gasteiger partial charge on any atom is -0.481 e. The second-order valence-corrected chi connectivity index (χ2v) is 4.50. The summed E-state index contributed by atoms with van der Waals surface area (Å²) in [5.74, 6) is 0.751. The normalized spacial score (nSPS) is 10.5. The van der Waals surface area contributed by atoms with E-state index in [1.807, 2.05) is 30.0 Å². The SMILES string of the molecule is CC(C)N(C)c1cc(N(C)CCC(=O)O)ncn1. The van der Waals surface area contributed by atoms with Gasteiger partial charge in [0.15, 0.2) is 0 Å². The van der Waals surface area contributed by atoms with Gasteiger partial charge in [-0.15, -0.1) is 0 Å². The minimum atomic E-state index is -0.810. The van der Waals surface area contributed by atoms with Crippen LogP contribution in [0.5, 0.6) is 0 Å². The summed E-state index contributed by atoms with van der Waals surface area (Å²) < 4.78 is 0. The molecular weight excluding hydrogens is 232 g/mol. The second kappa shape index (κ2) is 6.18. The summed E-state index contributed by atoms with van der Waals surface area (Å²) >= 11 is 0. The van der Waals surface area contributed by atoms with E-state index < -0.39 is 5.97 Å². The topological polar surface area (TPSA) is 69.6 Å². The molecule has 1 aromatic rings. The molecule has 100 valence electrons. The highest BCUT2D eigenvalue weighted by atomic mass is 16.4. The summed E-state index contributed by atoms with van der Waals surface area (Å²) in [4.78, 5) is 22.7. The van der Waals surface area contributed by atoms with Crippen LogP contribution in [0.2, 0.25) is 0 Å². The summed E-state index contributed by atoms with van der Waals surface area (Å²) in [6, 6.07) is 2.21. The molecular formula is C12H20N4O2. The van der Waals surface area contributed by atoms with Gasteiger partial charge in [-0.25, -0.2) is 9.97 Å². The quantitative estimate of drug-likeness (QED) is 0.821. The zero-order valence-corrected chi connectivity index (χ0v) is 11.3. The van der Waals surface area contributed by atoms with E-state index in [1.54, 1.807) is 0 Å². The molecule has 0 spiro atoms. The molecule has 0 radical (unpaired) electrons. The van der Waals surface area contributed by atoms with Gasteiger partial charge in [0.2, 0.25) is 0 Å². The number of carbonyl (C=O) groups is 1. The lowest BCUT2D eigenvalue weighted by atomic mass is 10.3. The van der Waals surface area contributed by atoms with Gasteiger partial charge < -0.3 is 14.9 Å². The van der Waals surface area contributed by atoms with E-state index in [4.69, 9.17) is 5.11 Å². The van der Waals surface area contributed by atoms with Gasteiger partial charge in [-0.05, 0) is 13.8 Å². The number of anilines is 2. The van der Waals surface area contributed by atoms with Gasteiger partial charge in [0, 0.05) is 32.7 Å². The molecule has 1 rings (SSSR count). The molecule has 0 aromatic carbocycles. The predicted molar refractivity (Wildman–Crippen MR) is 71.1 cm³/mol. The maximum Gasteiger partial charge on any atom is 0.305 e. The van der Waals surface area contributed by atoms with Crippen molar-refractivity contribution in [1.82, 2.24) is 9.97 Å². The van der Waals surface area contributed by atoms with Crippen LogP contribution in [0, 0.1) is 0 Å². The molecule has 0 fully saturated rings. The molecule has 0 atom stereocenters. The van der Waals surface area contributed by atoms with Crippen molar-refractivity contribution in [2.45, 2.75) is 26.3 Å². The predicted octanol–water partition coefficient (Wildman–Crippen LogP) is 1.23. The third-order valence-corrected chi connectivity index (χ3v) is 2.83. The van der Waals surface area contributed by atoms with Crippen molar-refractivity contribution >= 4 is 17.6 Å². The van der Waals surface area contributed by atoms with Crippen molar-refractivity contribution < 1.29 is 9.90 Å². The van der Waals surface area contributed by atoms with E-state index >= 15 is 0 Å². The monoisotopic (exact) mass is 252 g/mol. The van der Waals surface area contributed by atoms with Crippen LogP contribution in [0.4, 0.5) is 11.6 Å². The fraction of sp³-hybridized carbons (Fsp3) is 0.583. The smallest absolute Gasteiger partial charge is 0.305 e. The highest BCUT2D eigenvalue weighted by molar-refractivity contribution is 5.67. The van der Waals surface area contributed by atoms with Gasteiger partial charge in [0.05, 0.1) is 6.42 Å². The molecule has 0 saturated carbocycles. The summed E-state index contributed by atoms with van der Waals surface area (Å²) in [6.07, 6.45) is 1.59. The maximum absolute atomic E-state index is 10.5. The Morgan fingerprint density at radius 1 is 1.33 bits per heavy atom. The molecule has 6 heteroatoms. The lowest BCUT2D eigenvalue weighted by Crippen LogP contribution is -2.27. The number of nitrogens with zero attached hydrogens (tertiary/aromatic N) is 4. The summed E-state index contributed by atoms with van der Waals surface area (Å²) in [5.41, 5.74) is 0. The van der Waals surface area contributed by atoms with Crippen LogP contribution in [0.15, 0.2) is 12.4 Å². The van der Waals surface area contributed by atoms with Gasteiger partial charge >= 0.3 is 5.97 Å². The van der Waals surface area contributed by atoms with Crippen molar-refractivity contribution in [2.75, 3.05) is 30.4 Å². The Hall–Kier alpha value is -1.85. The van der Waals surface area contributed by atoms with Crippen molar-refractivity contribution in [3.8, 4) is 0 Å². The molecule has 0 saturated heterocycles. The Morgan fingerprint density at radius 2 is 1.94 bits per heavy atom. The molecule has 0 aliphatic heterocycles. The van der Waals surface area contributed by atoms with Crippen molar-refractivity contribution in [3.05, 3.63) is 12.4 Å². The summed E-state index contributed by atoms with van der Waals surface area (Å²) in [7, 11) is 3.79. The first-order valence-electron chi connectivity index (χ1n) is 5.89. The lowest BCUT2D eigenvalue weighted by molar-refractivity contribution is -0.136. The lowest BCUT2D eigenvalue weighted by Gasteiger charge is -2.24. The highest BCUT2D eigenvalue weighted by Crippen LogP contribution is 2.17. The van der Waals surface area contributed by atoms with Crippen LogP contribution in [0.25, 0.3) is 0 Å². The van der Waals surface area contributed by atoms with E-state index in [0.717, 1.165) is 11.6 Å². The molecule has 0 unspecified atom stereocenters. The van der Waals surface area contributed by atoms with E-state index in [9.17, 15) is 4.79 Å². The van der Waals surface area contributed by atoms with Crippen molar-refractivity contribution in [2.24, 2.45) is 0 Å². The third-order valence-electron chi connectivity index (χ3n) is 2.83. The Balaban J connectivity index is 2.78. The van der Waals surface area contributed by atoms with Crippen LogP contribution < -0.4 is 9.80 Å². The van der Waals surface area contributed by atoms with Gasteiger partial charge in [0.1, 0.15) is 18.0 Å². The van der Waals surface area contributed by atoms with Crippen molar-refractivity contribution in [1.29, 1.82) is 0 Å². The summed E-state index contributed by atoms with van der Waals surface area (Å²) in [6.45, 7) is 4.59. The molecule has 0 aliphatic rings. The van der Waals surface area contributed by atoms with Crippen LogP contribution in [0.1, 0.15) is 20.3 Å². The van der Waals surface area contributed by atoms with E-state index in [1.165, 1.54) is 6.33 Å². The van der Waals surface area contributed by atoms with Crippen LogP contribution in [-0.2, 0) is 4.79 Å². The molecule has 1 aromatic heterocycles. The standard InChI is InChI=1S/C12H20N4O2/c1-9(2)16(4)11-7-10(13-8-14-11)15(3)6-5-12(17)18/h7-9H,5-6H2,1-4H3,(H,17,18). The summed E-state index contributed by atoms with van der Waals surface area (Å²) in [5, 5.41) is 8.66. The first kappa shape index (κ1) is 14.2. The first-order valence-corrected chi connectivity index (χ1v) is 5.89. The molecule has 0 bridgehead atoms. The molecule has 1 heterocycles. The average molecular weight is 252 g/mol. The van der Waals surface area contributed by atoms with Crippen LogP contribution in [-0.4, -0.2) is 47.7 Å². The fourth-order valence-electron chi connectivity index (χ4n) is 1.38. The number of aliphatic carboxylic acids is 1. The first-order chi connectivity index (χ1) is 8.41. The number of carboxylic acid groups (broad SMARTS) is 1. The molecule has 0 aliphatic carbocycles. The van der Waals surface area contributed by atoms with E-state index in [2.05, 4.69) is 23.8 Å². The van der Waals surface area contributed by atoms with Crippen LogP contribution in [0.3, 0.4) is 0 Å². The van der Waals surface area contributed by atoms with Gasteiger partial charge in [-0.1, -0.05) is 0 Å². The van der Waals surface area contributed by atoms with Gasteiger partial charge in [-0.2, -0.15) is 0 Å². The third kappa shape index (κ3) is 3.87. The highest BCUT2D eigenvalue weighted by Gasteiger charge is 2.10. The fourth-order valence-corrected chi connectivity index (χ4v) is 1.38. The zero-order valence-electron chi connectivity index (χ0n) is 11.3. The Kier molecular flexibility index (Phi) is 4.88. The average Bonchev–Trinajstić information content (AvgIpc) is 2.34. The van der Waals surface area contributed by atoms with E-state index in [-0.39, 0.29) is 6.42 Å². The number of aromatic nitrogens is 2. The second-order valence-electron chi connectivity index (χ2n) is 4.50. The number of hydrogen-bond acceptors (Lipinski definition) is 5. The minimum absolute atomic E-state index is 0.0931. The number of rotatable bonds is 6. The zero-order chi connectivity index (χ0) is 13.7. The van der Waals surface area contributed by atoms with Gasteiger partial charge in [0.25, 0.3) is 0 Å². The van der Waals surface area contributed by atoms with Gasteiger partial charge in [-0.3, -0.25) is 4.79 Å². The number of hydrogen-bond donors (Lipinski definition) is 1. The Morgan fingerprint density at radius 3 is 2.50 bits per heavy atom. The van der Waals surface area contributed by atoms with Crippen molar-refractivity contribution in [3.63, 3.8) is 0 Å².